The number of allylic oxidation sites excluding steroid dienone is 1. The van der Waals surface area contributed by atoms with E-state index in [2.05, 4.69) is 20.4 Å². The zero-order chi connectivity index (χ0) is 24.1. The molecule has 2 saturated carbocycles. The van der Waals surface area contributed by atoms with Gasteiger partial charge in [-0.15, -0.1) is 0 Å². The van der Waals surface area contributed by atoms with E-state index in [1.54, 1.807) is 0 Å². The molecule has 3 aliphatic rings. The molecule has 0 unspecified atom stereocenters. The summed E-state index contributed by atoms with van der Waals surface area (Å²) < 4.78 is 18.5. The molecule has 32 heavy (non-hydrogen) atoms. The molecule has 3 atom stereocenters. The Bertz CT molecular complexity index is 865. The third kappa shape index (κ3) is 3.50. The van der Waals surface area contributed by atoms with Gasteiger partial charge in [-0.1, -0.05) is 44.1 Å². The van der Waals surface area contributed by atoms with Gasteiger partial charge in [0.1, 0.15) is 0 Å². The number of carbonyl (C=O) groups is 3. The standard InChI is InChI=1S/C26H38O6/c1-16-11-15-25(30-18(3)27)23(6,7)21(16)12-14-24(8)13-9-10-17(2)22(24)26(25,31-19(4)28)32-20(5)29/h22H,2,9-15H2,1,3-8H3/t22-,24+,25+/m1/s1. The van der Waals surface area contributed by atoms with Gasteiger partial charge < -0.3 is 14.2 Å². The molecule has 3 rings (SSSR count). The molecule has 0 spiro atoms. The van der Waals surface area contributed by atoms with Crippen molar-refractivity contribution in [2.75, 3.05) is 0 Å². The van der Waals surface area contributed by atoms with Gasteiger partial charge >= 0.3 is 23.7 Å². The third-order valence-electron chi connectivity index (χ3n) is 8.28. The summed E-state index contributed by atoms with van der Waals surface area (Å²) in [5.41, 5.74) is 0.859. The molecule has 2 bridgehead atoms. The number of rotatable bonds is 3. The minimum absolute atomic E-state index is 0.342. The Morgan fingerprint density at radius 1 is 0.844 bits per heavy atom. The van der Waals surface area contributed by atoms with Crippen LogP contribution in [0.4, 0.5) is 0 Å². The molecule has 0 amide bonds. The van der Waals surface area contributed by atoms with Gasteiger partial charge in [-0.05, 0) is 57.3 Å². The van der Waals surface area contributed by atoms with E-state index < -0.39 is 40.6 Å². The largest absolute Gasteiger partial charge is 0.450 e. The van der Waals surface area contributed by atoms with Crippen LogP contribution >= 0.6 is 0 Å². The maximum atomic E-state index is 12.7. The van der Waals surface area contributed by atoms with Crippen LogP contribution in [-0.4, -0.2) is 29.3 Å². The molecule has 178 valence electrons. The molecule has 0 N–H and O–H groups in total. The van der Waals surface area contributed by atoms with E-state index in [0.29, 0.717) is 12.8 Å². The van der Waals surface area contributed by atoms with Crippen LogP contribution in [0.3, 0.4) is 0 Å². The van der Waals surface area contributed by atoms with Gasteiger partial charge in [0.15, 0.2) is 5.60 Å². The van der Waals surface area contributed by atoms with Crippen molar-refractivity contribution in [3.05, 3.63) is 23.3 Å². The lowest BCUT2D eigenvalue weighted by atomic mass is 9.48. The number of hydrogen-bond donors (Lipinski definition) is 0. The number of esters is 3. The average molecular weight is 447 g/mol. The Morgan fingerprint density at radius 2 is 1.41 bits per heavy atom. The smallest absolute Gasteiger partial charge is 0.306 e. The number of hydrogen-bond acceptors (Lipinski definition) is 6. The Balaban J connectivity index is 2.48. The molecule has 0 aliphatic heterocycles. The summed E-state index contributed by atoms with van der Waals surface area (Å²) in [6.07, 6.45) is 5.31. The van der Waals surface area contributed by atoms with Crippen molar-refractivity contribution in [3.8, 4) is 0 Å². The Kier molecular flexibility index (Phi) is 6.16. The lowest BCUT2D eigenvalue weighted by molar-refractivity contribution is -0.351. The Labute approximate surface area is 191 Å². The molecular formula is C26H38O6. The first-order chi connectivity index (χ1) is 14.7. The Morgan fingerprint density at radius 3 is 1.94 bits per heavy atom. The number of ether oxygens (including phenoxy) is 3. The van der Waals surface area contributed by atoms with Crippen molar-refractivity contribution in [1.82, 2.24) is 0 Å². The minimum Gasteiger partial charge on any atom is -0.450 e. The number of fused-ring (bicyclic) bond motifs is 3. The van der Waals surface area contributed by atoms with Crippen molar-refractivity contribution in [1.29, 1.82) is 0 Å². The van der Waals surface area contributed by atoms with Crippen LogP contribution in [0.2, 0.25) is 0 Å². The highest BCUT2D eigenvalue weighted by molar-refractivity contribution is 5.71. The molecule has 6 heteroatoms. The topological polar surface area (TPSA) is 78.9 Å². The molecule has 6 nitrogen and oxygen atoms in total. The highest BCUT2D eigenvalue weighted by Crippen LogP contribution is 2.66. The van der Waals surface area contributed by atoms with Crippen LogP contribution in [0.25, 0.3) is 0 Å². The Hall–Kier alpha value is -2.11. The summed E-state index contributed by atoms with van der Waals surface area (Å²) in [5.74, 6) is -3.96. The van der Waals surface area contributed by atoms with E-state index in [1.807, 2.05) is 13.8 Å². The lowest BCUT2D eigenvalue weighted by Crippen LogP contribution is -2.74. The minimum atomic E-state index is -1.81. The second-order valence-corrected chi connectivity index (χ2v) is 10.8. The molecular weight excluding hydrogens is 408 g/mol. The van der Waals surface area contributed by atoms with E-state index in [-0.39, 0.29) is 5.41 Å². The van der Waals surface area contributed by atoms with Gasteiger partial charge in [0.2, 0.25) is 0 Å². The van der Waals surface area contributed by atoms with Crippen LogP contribution in [0.15, 0.2) is 23.3 Å². The van der Waals surface area contributed by atoms with Gasteiger partial charge in [-0.3, -0.25) is 14.4 Å². The van der Waals surface area contributed by atoms with Gasteiger partial charge in [-0.25, -0.2) is 0 Å². The van der Waals surface area contributed by atoms with Gasteiger partial charge in [-0.2, -0.15) is 0 Å². The first-order valence-electron chi connectivity index (χ1n) is 11.7. The van der Waals surface area contributed by atoms with Crippen molar-refractivity contribution in [2.24, 2.45) is 16.7 Å². The third-order valence-corrected chi connectivity index (χ3v) is 8.28. The number of carbonyl (C=O) groups excluding carboxylic acids is 3. The molecule has 0 aromatic carbocycles. The zero-order valence-electron chi connectivity index (χ0n) is 20.7. The molecule has 0 heterocycles. The van der Waals surface area contributed by atoms with Gasteiger partial charge in [0, 0.05) is 26.2 Å². The highest BCUT2D eigenvalue weighted by Gasteiger charge is 2.75. The van der Waals surface area contributed by atoms with Gasteiger partial charge in [0.05, 0.1) is 5.92 Å². The molecule has 0 aromatic rings. The van der Waals surface area contributed by atoms with E-state index in [0.717, 1.165) is 37.7 Å². The first kappa shape index (κ1) is 24.5. The SMILES string of the molecule is C=C1CCC[C@@]2(C)CCC3=C(C)CC[C@](OC(C)=O)(C3(C)C)C(OC(C)=O)(OC(C)=O)[C@H]12. The van der Waals surface area contributed by atoms with Crippen LogP contribution in [-0.2, 0) is 28.6 Å². The fourth-order valence-electron chi connectivity index (χ4n) is 7.11. The van der Waals surface area contributed by atoms with Crippen LogP contribution < -0.4 is 0 Å². The quantitative estimate of drug-likeness (QED) is 0.328. The van der Waals surface area contributed by atoms with Crippen molar-refractivity contribution in [2.45, 2.75) is 105 Å². The molecule has 2 fully saturated rings. The molecule has 0 radical (unpaired) electrons. The zero-order valence-corrected chi connectivity index (χ0v) is 20.7. The highest BCUT2D eigenvalue weighted by atomic mass is 16.8. The summed E-state index contributed by atoms with van der Waals surface area (Å²) in [6, 6.07) is 0. The van der Waals surface area contributed by atoms with Crippen molar-refractivity contribution in [3.63, 3.8) is 0 Å². The predicted molar refractivity (Wildman–Crippen MR) is 120 cm³/mol. The van der Waals surface area contributed by atoms with Crippen molar-refractivity contribution < 1.29 is 28.6 Å². The molecule has 0 saturated heterocycles. The second kappa shape index (κ2) is 8.03. The second-order valence-electron chi connectivity index (χ2n) is 10.8. The van der Waals surface area contributed by atoms with E-state index in [9.17, 15) is 14.4 Å². The normalized spacial score (nSPS) is 33.3. The van der Waals surface area contributed by atoms with Crippen LogP contribution in [0.1, 0.15) is 93.4 Å². The molecule has 0 aromatic heterocycles. The predicted octanol–water partition coefficient (Wildman–Crippen LogP) is 5.40. The average Bonchev–Trinajstić information content (AvgIpc) is 2.61. The van der Waals surface area contributed by atoms with Crippen molar-refractivity contribution >= 4 is 17.9 Å². The summed E-state index contributed by atoms with van der Waals surface area (Å²) in [6.45, 7) is 16.7. The monoisotopic (exact) mass is 446 g/mol. The van der Waals surface area contributed by atoms with E-state index in [1.165, 1.54) is 31.9 Å². The summed E-state index contributed by atoms with van der Waals surface area (Å²) in [5, 5.41) is 0. The summed E-state index contributed by atoms with van der Waals surface area (Å²) in [4.78, 5) is 37.9. The lowest BCUT2D eigenvalue weighted by Gasteiger charge is -2.64. The first-order valence-corrected chi connectivity index (χ1v) is 11.7. The van der Waals surface area contributed by atoms with Gasteiger partial charge in [0.25, 0.3) is 0 Å². The van der Waals surface area contributed by atoms with E-state index >= 15 is 0 Å². The molecule has 3 aliphatic carbocycles. The van der Waals surface area contributed by atoms with Crippen LogP contribution in [0, 0.1) is 16.7 Å². The fraction of sp³-hybridized carbons (Fsp3) is 0.731. The summed E-state index contributed by atoms with van der Waals surface area (Å²) in [7, 11) is 0. The maximum Gasteiger partial charge on any atom is 0.306 e. The van der Waals surface area contributed by atoms with Crippen LogP contribution in [0.5, 0.6) is 0 Å². The summed E-state index contributed by atoms with van der Waals surface area (Å²) >= 11 is 0. The maximum absolute atomic E-state index is 12.7. The van der Waals surface area contributed by atoms with E-state index in [4.69, 9.17) is 14.2 Å². The fourth-order valence-corrected chi connectivity index (χ4v) is 7.11.